The van der Waals surface area contributed by atoms with Gasteiger partial charge in [0.25, 0.3) is 0 Å². The van der Waals surface area contributed by atoms with Crippen molar-refractivity contribution in [1.29, 1.82) is 0 Å². The van der Waals surface area contributed by atoms with Gasteiger partial charge in [-0.1, -0.05) is 78.9 Å². The number of carbonyl (C=O) groups is 2. The van der Waals surface area contributed by atoms with Gasteiger partial charge in [-0.3, -0.25) is 9.59 Å². The molecule has 1 heterocycles. The quantitative estimate of drug-likeness (QED) is 0.223. The molecule has 0 unspecified atom stereocenters. The summed E-state index contributed by atoms with van der Waals surface area (Å²) in [5.74, 6) is -1.06. The van der Waals surface area contributed by atoms with E-state index in [2.05, 4.69) is 16.8 Å². The lowest BCUT2D eigenvalue weighted by Gasteiger charge is -2.37. The topological polar surface area (TPSA) is 108 Å². The van der Waals surface area contributed by atoms with Gasteiger partial charge in [0.1, 0.15) is 0 Å². The van der Waals surface area contributed by atoms with Crippen LogP contribution in [0.25, 0.3) is 11.1 Å². The van der Waals surface area contributed by atoms with E-state index in [1.54, 1.807) is 0 Å². The molecule has 3 N–H and O–H groups in total. The number of hydrogen-bond acceptors (Lipinski definition) is 6. The van der Waals surface area contributed by atoms with Gasteiger partial charge in [-0.15, -0.1) is 6.58 Å². The SMILES string of the molecule is C=CCN(C)C[C@H]1C[C@@H](c2ccc(CO)cc2)O[C@@H](c2ccc(-c3ccccc3CNC(=O)CCCC(=O)O)cc2)O1. The Morgan fingerprint density at radius 1 is 1.00 bits per heavy atom. The van der Waals surface area contributed by atoms with Gasteiger partial charge >= 0.3 is 5.97 Å². The first-order chi connectivity index (χ1) is 20.4. The standard InChI is InChI=1S/C34H40N2O6/c1-3-19-36(2)22-29-20-31(26-13-11-24(23-37)12-14-26)42-34(41-29)27-17-15-25(16-18-27)30-8-5-4-7-28(30)21-35-32(38)9-6-10-33(39)40/h3-5,7-8,11-18,29,31,34,37H,1,6,9-10,19-23H2,2H3,(H,35,38)(H,39,40)/t29-,31+,34+/m1/s1. The predicted octanol–water partition coefficient (Wildman–Crippen LogP) is 5.38. The molecule has 1 fully saturated rings. The van der Waals surface area contributed by atoms with Crippen molar-refractivity contribution in [2.45, 2.75) is 57.3 Å². The highest BCUT2D eigenvalue weighted by Gasteiger charge is 2.32. The van der Waals surface area contributed by atoms with Crippen LogP contribution in [0, 0.1) is 0 Å². The van der Waals surface area contributed by atoms with Crippen molar-refractivity contribution in [3.63, 3.8) is 0 Å². The van der Waals surface area contributed by atoms with E-state index in [0.717, 1.165) is 46.5 Å². The Bertz CT molecular complexity index is 1320. The van der Waals surface area contributed by atoms with Crippen molar-refractivity contribution < 1.29 is 29.3 Å². The Kier molecular flexibility index (Phi) is 11.4. The number of likely N-dealkylation sites (N-methyl/N-ethyl adjacent to an activating group) is 1. The van der Waals surface area contributed by atoms with E-state index < -0.39 is 12.3 Å². The monoisotopic (exact) mass is 572 g/mol. The van der Waals surface area contributed by atoms with Gasteiger partial charge in [0.15, 0.2) is 6.29 Å². The van der Waals surface area contributed by atoms with Crippen LogP contribution in [0.15, 0.2) is 85.5 Å². The van der Waals surface area contributed by atoms with Crippen molar-refractivity contribution in [3.05, 3.63) is 108 Å². The maximum absolute atomic E-state index is 12.2. The molecule has 1 amide bonds. The molecular weight excluding hydrogens is 532 g/mol. The average Bonchev–Trinajstić information content (AvgIpc) is 3.00. The highest BCUT2D eigenvalue weighted by molar-refractivity contribution is 5.77. The number of carboxylic acids is 1. The Hall–Kier alpha value is -3.82. The van der Waals surface area contributed by atoms with Crippen molar-refractivity contribution in [1.82, 2.24) is 10.2 Å². The largest absolute Gasteiger partial charge is 0.481 e. The summed E-state index contributed by atoms with van der Waals surface area (Å²) in [4.78, 5) is 25.1. The van der Waals surface area contributed by atoms with E-state index in [-0.39, 0.29) is 37.6 Å². The van der Waals surface area contributed by atoms with Crippen molar-refractivity contribution in [2.24, 2.45) is 0 Å². The zero-order valence-electron chi connectivity index (χ0n) is 24.1. The molecule has 0 spiro atoms. The normalized spacial score (nSPS) is 18.5. The van der Waals surface area contributed by atoms with Crippen LogP contribution in [0.1, 0.15) is 60.3 Å². The molecule has 8 nitrogen and oxygen atoms in total. The number of carbonyl (C=O) groups excluding carboxylic acids is 1. The fourth-order valence-electron chi connectivity index (χ4n) is 5.13. The summed E-state index contributed by atoms with van der Waals surface area (Å²) in [5, 5.41) is 21.1. The number of nitrogens with zero attached hydrogens (tertiary/aromatic N) is 1. The summed E-state index contributed by atoms with van der Waals surface area (Å²) in [6.07, 6.45) is 2.32. The molecule has 1 aliphatic rings. The Labute approximate surface area is 247 Å². The number of ether oxygens (including phenoxy) is 2. The van der Waals surface area contributed by atoms with Crippen LogP contribution >= 0.6 is 0 Å². The molecule has 1 aliphatic heterocycles. The van der Waals surface area contributed by atoms with Crippen molar-refractivity contribution >= 4 is 11.9 Å². The van der Waals surface area contributed by atoms with Crippen LogP contribution in [0.2, 0.25) is 0 Å². The molecule has 1 saturated heterocycles. The third-order valence-electron chi connectivity index (χ3n) is 7.35. The molecule has 222 valence electrons. The van der Waals surface area contributed by atoms with Gasteiger partial charge in [0.2, 0.25) is 5.91 Å². The van der Waals surface area contributed by atoms with Crippen molar-refractivity contribution in [3.8, 4) is 11.1 Å². The number of amides is 1. The van der Waals surface area contributed by atoms with Crippen LogP contribution in [-0.2, 0) is 32.2 Å². The maximum atomic E-state index is 12.2. The summed E-state index contributed by atoms with van der Waals surface area (Å²) in [5.41, 5.74) is 5.80. The van der Waals surface area contributed by atoms with Crippen LogP contribution in [0.3, 0.4) is 0 Å². The molecule has 3 atom stereocenters. The first-order valence-corrected chi connectivity index (χ1v) is 14.3. The lowest BCUT2D eigenvalue weighted by Crippen LogP contribution is -2.37. The summed E-state index contributed by atoms with van der Waals surface area (Å²) >= 11 is 0. The minimum Gasteiger partial charge on any atom is -0.481 e. The molecule has 42 heavy (non-hydrogen) atoms. The zero-order chi connectivity index (χ0) is 29.9. The van der Waals surface area contributed by atoms with Crippen LogP contribution in [0.5, 0.6) is 0 Å². The predicted molar refractivity (Wildman–Crippen MR) is 161 cm³/mol. The van der Waals surface area contributed by atoms with Crippen LogP contribution in [-0.4, -0.2) is 53.2 Å². The van der Waals surface area contributed by atoms with Gasteiger partial charge in [-0.05, 0) is 41.3 Å². The molecule has 3 aromatic carbocycles. The zero-order valence-corrected chi connectivity index (χ0v) is 24.1. The number of nitrogens with one attached hydrogen (secondary N) is 1. The number of carboxylic acid groups (broad SMARTS) is 1. The summed E-state index contributed by atoms with van der Waals surface area (Å²) in [6, 6.07) is 23.9. The number of hydrogen-bond donors (Lipinski definition) is 3. The fourth-order valence-corrected chi connectivity index (χ4v) is 5.13. The maximum Gasteiger partial charge on any atom is 0.303 e. The minimum absolute atomic E-state index is 0.00114. The second kappa shape index (κ2) is 15.4. The lowest BCUT2D eigenvalue weighted by atomic mass is 9.97. The van der Waals surface area contributed by atoms with Gasteiger partial charge in [-0.2, -0.15) is 0 Å². The van der Waals surface area contributed by atoms with Crippen molar-refractivity contribution in [2.75, 3.05) is 20.1 Å². The molecule has 0 radical (unpaired) electrons. The molecule has 0 saturated carbocycles. The number of aliphatic hydroxyl groups excluding tert-OH is 1. The van der Waals surface area contributed by atoms with Crippen LogP contribution in [0.4, 0.5) is 0 Å². The number of rotatable bonds is 14. The van der Waals surface area contributed by atoms with E-state index in [4.69, 9.17) is 14.6 Å². The second-order valence-electron chi connectivity index (χ2n) is 10.7. The van der Waals surface area contributed by atoms with E-state index in [0.29, 0.717) is 19.4 Å². The lowest BCUT2D eigenvalue weighted by molar-refractivity contribution is -0.252. The number of benzene rings is 3. The molecule has 8 heteroatoms. The van der Waals surface area contributed by atoms with E-state index in [9.17, 15) is 14.7 Å². The molecule has 4 rings (SSSR count). The molecule has 0 aromatic heterocycles. The smallest absolute Gasteiger partial charge is 0.303 e. The van der Waals surface area contributed by atoms with Gasteiger partial charge in [-0.25, -0.2) is 0 Å². The molecular formula is C34H40N2O6. The number of aliphatic carboxylic acids is 1. The first kappa shape index (κ1) is 31.1. The van der Waals surface area contributed by atoms with Crippen LogP contribution < -0.4 is 5.32 Å². The van der Waals surface area contributed by atoms with Gasteiger partial charge < -0.3 is 29.9 Å². The van der Waals surface area contributed by atoms with E-state index in [1.165, 1.54) is 0 Å². The summed E-state index contributed by atoms with van der Waals surface area (Å²) in [6.45, 7) is 5.70. The molecule has 0 bridgehead atoms. The molecule has 0 aliphatic carbocycles. The van der Waals surface area contributed by atoms with E-state index >= 15 is 0 Å². The molecule has 3 aromatic rings. The van der Waals surface area contributed by atoms with Gasteiger partial charge in [0.05, 0.1) is 18.8 Å². The Morgan fingerprint density at radius 3 is 2.40 bits per heavy atom. The summed E-state index contributed by atoms with van der Waals surface area (Å²) in [7, 11) is 2.05. The first-order valence-electron chi connectivity index (χ1n) is 14.3. The Morgan fingerprint density at radius 2 is 1.71 bits per heavy atom. The summed E-state index contributed by atoms with van der Waals surface area (Å²) < 4.78 is 12.9. The fraction of sp³-hybridized carbons (Fsp3) is 0.353. The highest BCUT2D eigenvalue weighted by Crippen LogP contribution is 2.38. The van der Waals surface area contributed by atoms with E-state index in [1.807, 2.05) is 85.9 Å². The van der Waals surface area contributed by atoms with Gasteiger partial charge in [0, 0.05) is 44.5 Å². The minimum atomic E-state index is -0.900. The second-order valence-corrected chi connectivity index (χ2v) is 10.7. The third kappa shape index (κ3) is 8.84. The Balaban J connectivity index is 1.48. The number of aliphatic hydroxyl groups is 1. The third-order valence-corrected chi connectivity index (χ3v) is 7.35. The average molecular weight is 573 g/mol. The highest BCUT2D eigenvalue weighted by atomic mass is 16.7.